The van der Waals surface area contributed by atoms with Crippen molar-refractivity contribution in [3.8, 4) is 11.5 Å². The number of hydrogen-bond acceptors (Lipinski definition) is 6. The first kappa shape index (κ1) is 15.4. The molecule has 1 atom stereocenters. The Morgan fingerprint density at radius 2 is 2.04 bits per heavy atom. The first-order chi connectivity index (χ1) is 11.8. The van der Waals surface area contributed by atoms with Gasteiger partial charge in [0.1, 0.15) is 6.61 Å². The van der Waals surface area contributed by atoms with Crippen LogP contribution in [0.3, 0.4) is 0 Å². The number of thiazole rings is 1. The molecular formula is C17H19N3O3S. The topological polar surface area (TPSA) is 72.5 Å². The number of fused-ring (bicyclic) bond motifs is 1. The number of ether oxygens (including phenoxy) is 2. The van der Waals surface area contributed by atoms with Crippen LogP contribution in [0.4, 0.5) is 5.13 Å². The number of carbonyl (C=O) groups is 1. The molecular weight excluding hydrogens is 326 g/mol. The van der Waals surface area contributed by atoms with E-state index >= 15 is 0 Å². The Labute approximate surface area is 144 Å². The highest BCUT2D eigenvalue weighted by molar-refractivity contribution is 7.15. The lowest BCUT2D eigenvalue weighted by molar-refractivity contribution is -0.125. The van der Waals surface area contributed by atoms with Crippen LogP contribution in [0.25, 0.3) is 0 Å². The number of rotatable bonds is 3. The summed E-state index contributed by atoms with van der Waals surface area (Å²) in [6.45, 7) is 2.28. The van der Waals surface area contributed by atoms with Gasteiger partial charge in [-0.1, -0.05) is 12.1 Å². The fourth-order valence-corrected chi connectivity index (χ4v) is 3.96. The van der Waals surface area contributed by atoms with E-state index in [1.54, 1.807) is 17.4 Å². The largest absolute Gasteiger partial charge is 0.485 e. The van der Waals surface area contributed by atoms with E-state index in [0.717, 1.165) is 25.9 Å². The molecule has 1 aromatic heterocycles. The van der Waals surface area contributed by atoms with Crippen molar-refractivity contribution in [2.45, 2.75) is 24.9 Å². The Kier molecular flexibility index (Phi) is 4.36. The highest BCUT2D eigenvalue weighted by Gasteiger charge is 2.28. The second-order valence-electron chi connectivity index (χ2n) is 5.95. The quantitative estimate of drug-likeness (QED) is 0.894. The number of aromatic nitrogens is 1. The molecule has 0 spiro atoms. The van der Waals surface area contributed by atoms with E-state index in [2.05, 4.69) is 15.6 Å². The molecule has 1 amide bonds. The van der Waals surface area contributed by atoms with Crippen LogP contribution < -0.4 is 20.1 Å². The van der Waals surface area contributed by atoms with Gasteiger partial charge in [-0.25, -0.2) is 4.98 Å². The fraction of sp³-hybridized carbons (Fsp3) is 0.412. The van der Waals surface area contributed by atoms with Gasteiger partial charge in [0.25, 0.3) is 5.91 Å². The summed E-state index contributed by atoms with van der Waals surface area (Å²) >= 11 is 1.55. The molecule has 1 fully saturated rings. The predicted molar refractivity (Wildman–Crippen MR) is 91.9 cm³/mol. The number of nitrogens with one attached hydrogen (secondary N) is 2. The van der Waals surface area contributed by atoms with Crippen LogP contribution in [-0.4, -0.2) is 36.7 Å². The van der Waals surface area contributed by atoms with Gasteiger partial charge in [0.2, 0.25) is 6.10 Å². The summed E-state index contributed by atoms with van der Waals surface area (Å²) in [7, 11) is 0. The second kappa shape index (κ2) is 6.78. The lowest BCUT2D eigenvalue weighted by Gasteiger charge is -2.25. The number of hydrogen-bond donors (Lipinski definition) is 2. The first-order valence-electron chi connectivity index (χ1n) is 8.15. The molecule has 0 aliphatic carbocycles. The van der Waals surface area contributed by atoms with Crippen molar-refractivity contribution in [3.63, 3.8) is 0 Å². The number of piperidine rings is 1. The van der Waals surface area contributed by atoms with Gasteiger partial charge in [-0.2, -0.15) is 0 Å². The van der Waals surface area contributed by atoms with E-state index < -0.39 is 6.10 Å². The van der Waals surface area contributed by atoms with Gasteiger partial charge >= 0.3 is 0 Å². The summed E-state index contributed by atoms with van der Waals surface area (Å²) in [6, 6.07) is 7.36. The Morgan fingerprint density at radius 3 is 2.88 bits per heavy atom. The van der Waals surface area contributed by atoms with Crippen LogP contribution in [0.1, 0.15) is 23.6 Å². The third kappa shape index (κ3) is 3.22. The Morgan fingerprint density at radius 1 is 1.25 bits per heavy atom. The maximum atomic E-state index is 12.4. The smallest absolute Gasteiger partial charge is 0.270 e. The van der Waals surface area contributed by atoms with Crippen molar-refractivity contribution < 1.29 is 14.3 Å². The van der Waals surface area contributed by atoms with E-state index in [9.17, 15) is 4.79 Å². The zero-order valence-corrected chi connectivity index (χ0v) is 14.0. The molecule has 2 N–H and O–H groups in total. The van der Waals surface area contributed by atoms with Crippen LogP contribution in [0.2, 0.25) is 0 Å². The van der Waals surface area contributed by atoms with Crippen molar-refractivity contribution in [3.05, 3.63) is 35.3 Å². The maximum absolute atomic E-state index is 12.4. The molecule has 126 valence electrons. The zero-order valence-electron chi connectivity index (χ0n) is 13.2. The molecule has 1 unspecified atom stereocenters. The van der Waals surface area contributed by atoms with Gasteiger partial charge in [-0.05, 0) is 44.0 Å². The molecule has 4 rings (SSSR count). The molecule has 6 nitrogen and oxygen atoms in total. The molecule has 24 heavy (non-hydrogen) atoms. The normalized spacial score (nSPS) is 20.6. The number of benzene rings is 1. The van der Waals surface area contributed by atoms with Gasteiger partial charge in [0, 0.05) is 11.1 Å². The monoisotopic (exact) mass is 345 g/mol. The minimum absolute atomic E-state index is 0.204. The molecule has 3 heterocycles. The summed E-state index contributed by atoms with van der Waals surface area (Å²) in [5.74, 6) is 1.58. The highest BCUT2D eigenvalue weighted by Crippen LogP contribution is 2.33. The van der Waals surface area contributed by atoms with Crippen molar-refractivity contribution in [2.75, 3.05) is 25.0 Å². The lowest BCUT2D eigenvalue weighted by Crippen LogP contribution is -2.40. The summed E-state index contributed by atoms with van der Waals surface area (Å²) in [6.07, 6.45) is 3.45. The third-order valence-electron chi connectivity index (χ3n) is 4.30. The van der Waals surface area contributed by atoms with Crippen LogP contribution in [0, 0.1) is 0 Å². The van der Waals surface area contributed by atoms with Crippen LogP contribution in [0.5, 0.6) is 11.5 Å². The van der Waals surface area contributed by atoms with Crippen molar-refractivity contribution in [1.82, 2.24) is 10.3 Å². The van der Waals surface area contributed by atoms with Gasteiger partial charge < -0.3 is 14.8 Å². The number of nitrogens with zero attached hydrogens (tertiary/aromatic N) is 1. The van der Waals surface area contributed by atoms with Crippen LogP contribution in [-0.2, 0) is 4.79 Å². The third-order valence-corrected chi connectivity index (χ3v) is 5.37. The number of amides is 1. The van der Waals surface area contributed by atoms with Gasteiger partial charge in [-0.15, -0.1) is 11.3 Å². The minimum Gasteiger partial charge on any atom is -0.485 e. The van der Waals surface area contributed by atoms with Gasteiger partial charge in [0.05, 0.1) is 0 Å². The number of carbonyl (C=O) groups excluding carboxylic acids is 1. The number of para-hydroxylation sites is 2. The molecule has 2 aromatic rings. The average Bonchev–Trinajstić information content (AvgIpc) is 3.10. The Bertz CT molecular complexity index is 727. The Balaban J connectivity index is 1.39. The van der Waals surface area contributed by atoms with Crippen LogP contribution in [0.15, 0.2) is 30.5 Å². The van der Waals surface area contributed by atoms with Gasteiger partial charge in [-0.3, -0.25) is 10.1 Å². The second-order valence-corrected chi connectivity index (χ2v) is 7.01. The lowest BCUT2D eigenvalue weighted by atomic mass is 9.97. The van der Waals surface area contributed by atoms with E-state index in [1.165, 1.54) is 4.88 Å². The van der Waals surface area contributed by atoms with Crippen molar-refractivity contribution in [1.29, 1.82) is 0 Å². The zero-order chi connectivity index (χ0) is 16.4. The van der Waals surface area contributed by atoms with Crippen LogP contribution >= 0.6 is 11.3 Å². The molecule has 2 aliphatic rings. The maximum Gasteiger partial charge on any atom is 0.270 e. The molecule has 1 aromatic carbocycles. The summed E-state index contributed by atoms with van der Waals surface area (Å²) in [5.41, 5.74) is 0. The molecule has 7 heteroatoms. The summed E-state index contributed by atoms with van der Waals surface area (Å²) in [4.78, 5) is 18.0. The molecule has 2 aliphatic heterocycles. The van der Waals surface area contributed by atoms with E-state index in [0.29, 0.717) is 22.5 Å². The molecule has 1 saturated heterocycles. The SMILES string of the molecule is O=C(Nc1ncc(C2CCNCC2)s1)C1COc2ccccc2O1. The standard InChI is InChI=1S/C17H19N3O3S/c21-16(14-10-22-12-3-1-2-4-13(12)23-14)20-17-19-9-15(24-17)11-5-7-18-8-6-11/h1-4,9,11,14,18H,5-8,10H2,(H,19,20,21). The molecule has 0 radical (unpaired) electrons. The summed E-state index contributed by atoms with van der Waals surface area (Å²) in [5, 5.41) is 6.83. The Hall–Kier alpha value is -2.12. The van der Waals surface area contributed by atoms with E-state index in [4.69, 9.17) is 9.47 Å². The van der Waals surface area contributed by atoms with E-state index in [-0.39, 0.29) is 12.5 Å². The minimum atomic E-state index is -0.661. The number of anilines is 1. The first-order valence-corrected chi connectivity index (χ1v) is 8.97. The van der Waals surface area contributed by atoms with Crippen molar-refractivity contribution in [2.24, 2.45) is 0 Å². The highest BCUT2D eigenvalue weighted by atomic mass is 32.1. The summed E-state index contributed by atoms with van der Waals surface area (Å²) < 4.78 is 11.3. The molecule has 0 saturated carbocycles. The van der Waals surface area contributed by atoms with Crippen molar-refractivity contribution >= 4 is 22.4 Å². The van der Waals surface area contributed by atoms with Gasteiger partial charge in [0.15, 0.2) is 16.6 Å². The fourth-order valence-electron chi connectivity index (χ4n) is 2.97. The molecule has 0 bridgehead atoms. The average molecular weight is 345 g/mol. The van der Waals surface area contributed by atoms with E-state index in [1.807, 2.05) is 24.4 Å². The predicted octanol–water partition coefficient (Wildman–Crippen LogP) is 2.39.